The van der Waals surface area contributed by atoms with Gasteiger partial charge in [-0.3, -0.25) is 4.90 Å². The lowest BCUT2D eigenvalue weighted by atomic mass is 9.96. The van der Waals surface area contributed by atoms with Crippen molar-refractivity contribution in [3.63, 3.8) is 0 Å². The van der Waals surface area contributed by atoms with Crippen LogP contribution in [0.15, 0.2) is 24.3 Å². The topological polar surface area (TPSA) is 24.5 Å². The second kappa shape index (κ2) is 8.28. The van der Waals surface area contributed by atoms with Crippen molar-refractivity contribution in [3.05, 3.63) is 29.8 Å². The first-order chi connectivity index (χ1) is 9.83. The second-order valence-electron chi connectivity index (χ2n) is 5.70. The molecule has 0 aromatic heterocycles. The summed E-state index contributed by atoms with van der Waals surface area (Å²) in [5.41, 5.74) is 1.24. The molecule has 3 nitrogen and oxygen atoms in total. The van der Waals surface area contributed by atoms with Crippen LogP contribution < -0.4 is 10.1 Å². The zero-order valence-electron chi connectivity index (χ0n) is 12.9. The summed E-state index contributed by atoms with van der Waals surface area (Å²) in [5, 5.41) is 3.19. The van der Waals surface area contributed by atoms with Gasteiger partial charge in [-0.05, 0) is 38.4 Å². The summed E-state index contributed by atoms with van der Waals surface area (Å²) in [7, 11) is 1.97. The van der Waals surface area contributed by atoms with Gasteiger partial charge in [0.1, 0.15) is 12.4 Å². The molecule has 112 valence electrons. The first kappa shape index (κ1) is 15.3. The van der Waals surface area contributed by atoms with E-state index in [0.717, 1.165) is 31.4 Å². The molecule has 0 bridgehead atoms. The highest BCUT2D eigenvalue weighted by molar-refractivity contribution is 5.33. The largest absolute Gasteiger partial charge is 0.492 e. The smallest absolute Gasteiger partial charge is 0.123 e. The number of nitrogens with one attached hydrogen (secondary N) is 1. The number of ether oxygens (including phenoxy) is 1. The summed E-state index contributed by atoms with van der Waals surface area (Å²) in [6.07, 6.45) is 4.05. The third-order valence-corrected chi connectivity index (χ3v) is 4.19. The molecule has 2 rings (SSSR count). The van der Waals surface area contributed by atoms with E-state index in [2.05, 4.69) is 35.3 Å². The molecule has 1 aliphatic rings. The van der Waals surface area contributed by atoms with Gasteiger partial charge in [0.25, 0.3) is 0 Å². The van der Waals surface area contributed by atoms with Gasteiger partial charge >= 0.3 is 0 Å². The van der Waals surface area contributed by atoms with Gasteiger partial charge in [-0.1, -0.05) is 31.5 Å². The van der Waals surface area contributed by atoms with Crippen LogP contribution in [0.2, 0.25) is 0 Å². The third kappa shape index (κ3) is 4.50. The van der Waals surface area contributed by atoms with Crippen molar-refractivity contribution in [2.75, 3.05) is 33.3 Å². The van der Waals surface area contributed by atoms with Crippen LogP contribution in [0.25, 0.3) is 0 Å². The Bertz CT molecular complexity index is 394. The predicted molar refractivity (Wildman–Crippen MR) is 84.2 cm³/mol. The van der Waals surface area contributed by atoms with Crippen molar-refractivity contribution in [1.29, 1.82) is 0 Å². The Morgan fingerprint density at radius 1 is 1.35 bits per heavy atom. The van der Waals surface area contributed by atoms with Crippen molar-refractivity contribution in [3.8, 4) is 5.75 Å². The Morgan fingerprint density at radius 2 is 2.20 bits per heavy atom. The van der Waals surface area contributed by atoms with Gasteiger partial charge < -0.3 is 10.1 Å². The van der Waals surface area contributed by atoms with Crippen molar-refractivity contribution in [2.24, 2.45) is 5.92 Å². The molecule has 1 heterocycles. The minimum Gasteiger partial charge on any atom is -0.492 e. The molecule has 3 heteroatoms. The van der Waals surface area contributed by atoms with Crippen LogP contribution >= 0.6 is 0 Å². The molecule has 1 aliphatic heterocycles. The Kier molecular flexibility index (Phi) is 6.34. The summed E-state index contributed by atoms with van der Waals surface area (Å²) in [6.45, 7) is 7.48. The van der Waals surface area contributed by atoms with Crippen molar-refractivity contribution in [2.45, 2.75) is 32.7 Å². The molecular weight excluding hydrogens is 248 g/mol. The molecule has 0 amide bonds. The maximum absolute atomic E-state index is 5.98. The molecular formula is C17H28N2O. The van der Waals surface area contributed by atoms with E-state index in [9.17, 15) is 0 Å². The average Bonchev–Trinajstić information content (AvgIpc) is 2.49. The molecule has 0 radical (unpaired) electrons. The molecule has 1 aromatic rings. The molecule has 1 unspecified atom stereocenters. The van der Waals surface area contributed by atoms with E-state index in [4.69, 9.17) is 4.74 Å². The second-order valence-corrected chi connectivity index (χ2v) is 5.70. The first-order valence-electron chi connectivity index (χ1n) is 7.91. The summed E-state index contributed by atoms with van der Waals surface area (Å²) in [6, 6.07) is 8.30. The summed E-state index contributed by atoms with van der Waals surface area (Å²) in [5.74, 6) is 1.91. The molecule has 20 heavy (non-hydrogen) atoms. The zero-order chi connectivity index (χ0) is 14.2. The Hall–Kier alpha value is -1.06. The number of piperidine rings is 1. The normalized spacial score (nSPS) is 20.0. The fraction of sp³-hybridized carbons (Fsp3) is 0.647. The SMILES string of the molecule is CCC1CCCN(CCOc2ccccc2CNC)C1. The molecule has 1 N–H and O–H groups in total. The summed E-state index contributed by atoms with van der Waals surface area (Å²) >= 11 is 0. The van der Waals surface area contributed by atoms with Crippen LogP contribution in [-0.2, 0) is 6.54 Å². The van der Waals surface area contributed by atoms with E-state index in [1.807, 2.05) is 13.1 Å². The molecule has 1 atom stereocenters. The fourth-order valence-corrected chi connectivity index (χ4v) is 2.95. The third-order valence-electron chi connectivity index (χ3n) is 4.19. The monoisotopic (exact) mass is 276 g/mol. The standard InChI is InChI=1S/C17H28N2O/c1-3-15-7-6-10-19(14-15)11-12-20-17-9-5-4-8-16(17)13-18-2/h4-5,8-9,15,18H,3,6-7,10-14H2,1-2H3. The van der Waals surface area contributed by atoms with Gasteiger partial charge in [0.15, 0.2) is 0 Å². The van der Waals surface area contributed by atoms with Crippen molar-refractivity contribution < 1.29 is 4.74 Å². The molecule has 1 aromatic carbocycles. The highest BCUT2D eigenvalue weighted by Crippen LogP contribution is 2.20. The lowest BCUT2D eigenvalue weighted by molar-refractivity contribution is 0.144. The van der Waals surface area contributed by atoms with E-state index in [0.29, 0.717) is 0 Å². The minimum absolute atomic E-state index is 0.789. The van der Waals surface area contributed by atoms with Gasteiger partial charge in [0, 0.05) is 25.2 Å². The van der Waals surface area contributed by atoms with Crippen LogP contribution in [0.5, 0.6) is 5.75 Å². The van der Waals surface area contributed by atoms with Crippen LogP contribution in [0, 0.1) is 5.92 Å². The average molecular weight is 276 g/mol. The zero-order valence-corrected chi connectivity index (χ0v) is 12.9. The highest BCUT2D eigenvalue weighted by atomic mass is 16.5. The number of para-hydroxylation sites is 1. The molecule has 0 aliphatic carbocycles. The Balaban J connectivity index is 1.78. The maximum atomic E-state index is 5.98. The Morgan fingerprint density at radius 3 is 3.00 bits per heavy atom. The molecule has 0 saturated carbocycles. The van der Waals surface area contributed by atoms with E-state index in [1.54, 1.807) is 0 Å². The fourth-order valence-electron chi connectivity index (χ4n) is 2.95. The van der Waals surface area contributed by atoms with Crippen LogP contribution in [0.3, 0.4) is 0 Å². The van der Waals surface area contributed by atoms with Crippen molar-refractivity contribution in [1.82, 2.24) is 10.2 Å². The van der Waals surface area contributed by atoms with Gasteiger partial charge in [0.05, 0.1) is 0 Å². The maximum Gasteiger partial charge on any atom is 0.123 e. The number of likely N-dealkylation sites (tertiary alicyclic amines) is 1. The van der Waals surface area contributed by atoms with Gasteiger partial charge in [-0.15, -0.1) is 0 Å². The van der Waals surface area contributed by atoms with E-state index in [-0.39, 0.29) is 0 Å². The van der Waals surface area contributed by atoms with Crippen LogP contribution in [0.4, 0.5) is 0 Å². The predicted octanol–water partition coefficient (Wildman–Crippen LogP) is 2.91. The summed E-state index contributed by atoms with van der Waals surface area (Å²) < 4.78 is 5.98. The van der Waals surface area contributed by atoms with E-state index < -0.39 is 0 Å². The van der Waals surface area contributed by atoms with Gasteiger partial charge in [-0.2, -0.15) is 0 Å². The number of benzene rings is 1. The first-order valence-corrected chi connectivity index (χ1v) is 7.91. The highest BCUT2D eigenvalue weighted by Gasteiger charge is 2.18. The van der Waals surface area contributed by atoms with Crippen molar-refractivity contribution >= 4 is 0 Å². The van der Waals surface area contributed by atoms with Gasteiger partial charge in [0.2, 0.25) is 0 Å². The number of nitrogens with zero attached hydrogens (tertiary/aromatic N) is 1. The van der Waals surface area contributed by atoms with Crippen LogP contribution in [0.1, 0.15) is 31.7 Å². The molecule has 1 fully saturated rings. The molecule has 0 spiro atoms. The summed E-state index contributed by atoms with van der Waals surface area (Å²) in [4.78, 5) is 2.55. The minimum atomic E-state index is 0.789. The lowest BCUT2D eigenvalue weighted by Gasteiger charge is -2.32. The quantitative estimate of drug-likeness (QED) is 0.829. The molecule has 1 saturated heterocycles. The van der Waals surface area contributed by atoms with E-state index >= 15 is 0 Å². The number of hydrogen-bond donors (Lipinski definition) is 1. The van der Waals surface area contributed by atoms with Crippen LogP contribution in [-0.4, -0.2) is 38.2 Å². The lowest BCUT2D eigenvalue weighted by Crippen LogP contribution is -2.37. The Labute approximate surface area is 123 Å². The number of hydrogen-bond acceptors (Lipinski definition) is 3. The van der Waals surface area contributed by atoms with E-state index in [1.165, 1.54) is 37.9 Å². The number of rotatable bonds is 7. The van der Waals surface area contributed by atoms with Gasteiger partial charge in [-0.25, -0.2) is 0 Å².